The third-order valence-corrected chi connectivity index (χ3v) is 4.82. The topological polar surface area (TPSA) is 103 Å². The molecule has 1 aromatic heterocycles. The average molecular weight is 421 g/mol. The van der Waals surface area contributed by atoms with E-state index in [0.717, 1.165) is 29.5 Å². The highest BCUT2D eigenvalue weighted by molar-refractivity contribution is 5.87. The third-order valence-electron chi connectivity index (χ3n) is 4.82. The SMILES string of the molecule is COc1cnc(-c2ccc(OC(=O)N(N)c3ccccc3)cc2)nc1N1CCOCC1. The van der Waals surface area contributed by atoms with E-state index in [1.165, 1.54) is 0 Å². The number of hydrazine groups is 1. The van der Waals surface area contributed by atoms with Crippen molar-refractivity contribution in [2.45, 2.75) is 0 Å². The van der Waals surface area contributed by atoms with E-state index < -0.39 is 6.09 Å². The molecular weight excluding hydrogens is 398 g/mol. The molecule has 0 aliphatic carbocycles. The van der Waals surface area contributed by atoms with Crippen molar-refractivity contribution in [1.82, 2.24) is 9.97 Å². The van der Waals surface area contributed by atoms with Crippen molar-refractivity contribution in [3.05, 3.63) is 60.8 Å². The molecule has 160 valence electrons. The van der Waals surface area contributed by atoms with Gasteiger partial charge in [-0.1, -0.05) is 18.2 Å². The van der Waals surface area contributed by atoms with Crippen LogP contribution in [0.1, 0.15) is 0 Å². The molecule has 1 saturated heterocycles. The number of amides is 1. The van der Waals surface area contributed by atoms with Crippen molar-refractivity contribution < 1.29 is 19.0 Å². The van der Waals surface area contributed by atoms with Crippen molar-refractivity contribution in [3.63, 3.8) is 0 Å². The summed E-state index contributed by atoms with van der Waals surface area (Å²) in [6.45, 7) is 2.75. The van der Waals surface area contributed by atoms with Gasteiger partial charge in [0.25, 0.3) is 0 Å². The summed E-state index contributed by atoms with van der Waals surface area (Å²) in [6.07, 6.45) is 0.974. The van der Waals surface area contributed by atoms with E-state index >= 15 is 0 Å². The highest BCUT2D eigenvalue weighted by Crippen LogP contribution is 2.29. The minimum atomic E-state index is -0.686. The van der Waals surface area contributed by atoms with E-state index in [0.29, 0.717) is 36.2 Å². The molecule has 1 aliphatic heterocycles. The van der Waals surface area contributed by atoms with Crippen molar-refractivity contribution in [2.24, 2.45) is 5.84 Å². The summed E-state index contributed by atoms with van der Waals surface area (Å²) in [5, 5.41) is 0.953. The number of methoxy groups -OCH3 is 1. The zero-order valence-corrected chi connectivity index (χ0v) is 17.1. The molecule has 9 nitrogen and oxygen atoms in total. The van der Waals surface area contributed by atoms with Crippen LogP contribution in [0.5, 0.6) is 11.5 Å². The molecule has 2 heterocycles. The molecule has 31 heavy (non-hydrogen) atoms. The number of nitrogens with zero attached hydrogens (tertiary/aromatic N) is 4. The van der Waals surface area contributed by atoms with Crippen LogP contribution in [0.2, 0.25) is 0 Å². The molecular formula is C22H23N5O4. The number of hydrogen-bond acceptors (Lipinski definition) is 8. The number of benzene rings is 2. The predicted octanol–water partition coefficient (Wildman–Crippen LogP) is 2.87. The highest BCUT2D eigenvalue weighted by atomic mass is 16.6. The number of nitrogens with two attached hydrogens (primary N) is 1. The fourth-order valence-electron chi connectivity index (χ4n) is 3.16. The Morgan fingerprint density at radius 2 is 1.81 bits per heavy atom. The fourth-order valence-corrected chi connectivity index (χ4v) is 3.16. The molecule has 0 saturated carbocycles. The number of aromatic nitrogens is 2. The second-order valence-electron chi connectivity index (χ2n) is 6.78. The lowest BCUT2D eigenvalue weighted by Gasteiger charge is -2.28. The molecule has 1 fully saturated rings. The molecule has 0 unspecified atom stereocenters. The summed E-state index contributed by atoms with van der Waals surface area (Å²) in [5.41, 5.74) is 1.32. The van der Waals surface area contributed by atoms with Gasteiger partial charge in [0.05, 0.1) is 32.2 Å². The third kappa shape index (κ3) is 4.73. The number of carbonyl (C=O) groups excluding carboxylic acids is 1. The first-order valence-corrected chi connectivity index (χ1v) is 9.81. The first-order chi connectivity index (χ1) is 15.2. The Morgan fingerprint density at radius 1 is 1.10 bits per heavy atom. The molecule has 0 spiro atoms. The second kappa shape index (κ2) is 9.41. The number of para-hydroxylation sites is 1. The van der Waals surface area contributed by atoms with Gasteiger partial charge in [-0.25, -0.2) is 25.6 Å². The maximum Gasteiger partial charge on any atom is 0.434 e. The van der Waals surface area contributed by atoms with E-state index in [9.17, 15) is 4.79 Å². The average Bonchev–Trinajstić information content (AvgIpc) is 2.84. The summed E-state index contributed by atoms with van der Waals surface area (Å²) < 4.78 is 16.2. The summed E-state index contributed by atoms with van der Waals surface area (Å²) in [5.74, 6) is 8.09. The fraction of sp³-hybridized carbons (Fsp3) is 0.227. The summed E-state index contributed by atoms with van der Waals surface area (Å²) in [6, 6.07) is 15.8. The van der Waals surface area contributed by atoms with Gasteiger partial charge in [0.2, 0.25) is 0 Å². The summed E-state index contributed by atoms with van der Waals surface area (Å²) in [7, 11) is 1.60. The van der Waals surface area contributed by atoms with Crippen molar-refractivity contribution in [3.8, 4) is 22.9 Å². The van der Waals surface area contributed by atoms with E-state index in [-0.39, 0.29) is 0 Å². The molecule has 0 atom stereocenters. The number of hydrogen-bond donors (Lipinski definition) is 1. The van der Waals surface area contributed by atoms with Gasteiger partial charge in [-0.3, -0.25) is 0 Å². The Bertz CT molecular complexity index is 1020. The van der Waals surface area contributed by atoms with Gasteiger partial charge in [-0.2, -0.15) is 0 Å². The molecule has 9 heteroatoms. The second-order valence-corrected chi connectivity index (χ2v) is 6.78. The lowest BCUT2D eigenvalue weighted by molar-refractivity contribution is 0.122. The van der Waals surface area contributed by atoms with Crippen LogP contribution in [0.15, 0.2) is 60.8 Å². The quantitative estimate of drug-likeness (QED) is 0.381. The van der Waals surface area contributed by atoms with Crippen LogP contribution < -0.4 is 25.2 Å². The number of anilines is 2. The largest absolute Gasteiger partial charge is 0.491 e. The van der Waals surface area contributed by atoms with E-state index in [2.05, 4.69) is 9.88 Å². The normalized spacial score (nSPS) is 13.5. The van der Waals surface area contributed by atoms with Crippen LogP contribution in [0.3, 0.4) is 0 Å². The first-order valence-electron chi connectivity index (χ1n) is 9.81. The Labute approximate surface area is 180 Å². The lowest BCUT2D eigenvalue weighted by atomic mass is 10.2. The van der Waals surface area contributed by atoms with E-state index in [1.54, 1.807) is 61.8 Å². The van der Waals surface area contributed by atoms with Crippen LogP contribution in [0.4, 0.5) is 16.3 Å². The first kappa shape index (κ1) is 20.6. The van der Waals surface area contributed by atoms with Crippen molar-refractivity contribution >= 4 is 17.6 Å². The van der Waals surface area contributed by atoms with Crippen molar-refractivity contribution in [1.29, 1.82) is 0 Å². The number of carbonyl (C=O) groups is 1. The molecule has 3 aromatic rings. The lowest BCUT2D eigenvalue weighted by Crippen LogP contribution is -2.39. The van der Waals surface area contributed by atoms with Gasteiger partial charge in [0.1, 0.15) is 5.75 Å². The number of rotatable bonds is 5. The van der Waals surface area contributed by atoms with Gasteiger partial charge in [0, 0.05) is 18.7 Å². The molecule has 1 aliphatic rings. The van der Waals surface area contributed by atoms with Gasteiger partial charge < -0.3 is 19.1 Å². The highest BCUT2D eigenvalue weighted by Gasteiger charge is 2.19. The van der Waals surface area contributed by atoms with E-state index in [1.807, 2.05) is 6.07 Å². The predicted molar refractivity (Wildman–Crippen MR) is 116 cm³/mol. The zero-order chi connectivity index (χ0) is 21.6. The Balaban J connectivity index is 1.49. The minimum Gasteiger partial charge on any atom is -0.491 e. The van der Waals surface area contributed by atoms with Gasteiger partial charge in [-0.15, -0.1) is 0 Å². The smallest absolute Gasteiger partial charge is 0.434 e. The Hall–Kier alpha value is -3.69. The maximum absolute atomic E-state index is 12.3. The minimum absolute atomic E-state index is 0.363. The number of ether oxygens (including phenoxy) is 3. The van der Waals surface area contributed by atoms with Crippen LogP contribution in [-0.4, -0.2) is 49.5 Å². The van der Waals surface area contributed by atoms with Crippen LogP contribution >= 0.6 is 0 Å². The maximum atomic E-state index is 12.3. The molecule has 4 rings (SSSR count). The van der Waals surface area contributed by atoms with Gasteiger partial charge in [-0.05, 0) is 36.4 Å². The molecule has 0 radical (unpaired) electrons. The molecule has 2 aromatic carbocycles. The van der Waals surface area contributed by atoms with Crippen molar-refractivity contribution in [2.75, 3.05) is 43.3 Å². The standard InChI is InChI=1S/C22H23N5O4/c1-29-19-15-24-20(25-21(19)26-11-13-30-14-12-26)16-7-9-18(10-8-16)31-22(28)27(23)17-5-3-2-4-6-17/h2-10,15H,11-14,23H2,1H3. The monoisotopic (exact) mass is 421 g/mol. The Kier molecular flexibility index (Phi) is 6.25. The van der Waals surface area contributed by atoms with Gasteiger partial charge in [0.15, 0.2) is 17.4 Å². The number of morpholine rings is 1. The summed E-state index contributed by atoms with van der Waals surface area (Å²) in [4.78, 5) is 23.5. The van der Waals surface area contributed by atoms with Crippen LogP contribution in [-0.2, 0) is 4.74 Å². The van der Waals surface area contributed by atoms with E-state index in [4.69, 9.17) is 25.0 Å². The van der Waals surface area contributed by atoms with Crippen LogP contribution in [0.25, 0.3) is 11.4 Å². The Morgan fingerprint density at radius 3 is 2.48 bits per heavy atom. The van der Waals surface area contributed by atoms with Gasteiger partial charge >= 0.3 is 6.09 Å². The zero-order valence-electron chi connectivity index (χ0n) is 17.1. The van der Waals surface area contributed by atoms with Crippen LogP contribution in [0, 0.1) is 0 Å². The summed E-state index contributed by atoms with van der Waals surface area (Å²) >= 11 is 0. The molecule has 1 amide bonds. The molecule has 0 bridgehead atoms. The molecule has 2 N–H and O–H groups in total.